The Kier molecular flexibility index (Phi) is 8.40. The highest BCUT2D eigenvalue weighted by atomic mass is 16.3. The van der Waals surface area contributed by atoms with Crippen molar-refractivity contribution in [3.05, 3.63) is 132 Å². The van der Waals surface area contributed by atoms with E-state index in [0.29, 0.717) is 23.0 Å². The predicted molar refractivity (Wildman–Crippen MR) is 164 cm³/mol. The van der Waals surface area contributed by atoms with E-state index in [1.807, 2.05) is 83.4 Å². The van der Waals surface area contributed by atoms with Crippen LogP contribution in [0.25, 0.3) is 11.3 Å². The van der Waals surface area contributed by atoms with Crippen molar-refractivity contribution in [3.8, 4) is 0 Å². The molecule has 1 unspecified atom stereocenters. The molecule has 0 bridgehead atoms. The predicted octanol–water partition coefficient (Wildman–Crippen LogP) is 6.35. The van der Waals surface area contributed by atoms with Crippen LogP contribution in [0.4, 0.5) is 11.4 Å². The van der Waals surface area contributed by atoms with Crippen LogP contribution >= 0.6 is 0 Å². The van der Waals surface area contributed by atoms with E-state index >= 15 is 0 Å². The van der Waals surface area contributed by atoms with Gasteiger partial charge in [-0.1, -0.05) is 62.4 Å². The minimum Gasteiger partial charge on any atom is -0.389 e. The monoisotopic (exact) mass is 560 g/mol. The van der Waals surface area contributed by atoms with Crippen LogP contribution in [0.1, 0.15) is 64.9 Å². The highest BCUT2D eigenvalue weighted by Gasteiger charge is 2.13. The number of anilines is 2. The first-order chi connectivity index (χ1) is 20.3. The molecule has 9 nitrogen and oxygen atoms in total. The third-order valence-corrected chi connectivity index (χ3v) is 6.63. The van der Waals surface area contributed by atoms with Gasteiger partial charge in [-0.3, -0.25) is 9.59 Å². The Morgan fingerprint density at radius 1 is 0.619 bits per heavy atom. The maximum absolute atomic E-state index is 12.2. The van der Waals surface area contributed by atoms with Crippen molar-refractivity contribution in [2.75, 3.05) is 10.6 Å². The summed E-state index contributed by atoms with van der Waals surface area (Å²) in [6.45, 7) is 5.98. The molecule has 0 aliphatic carbocycles. The van der Waals surface area contributed by atoms with Crippen molar-refractivity contribution in [1.82, 2.24) is 18.8 Å². The molecule has 0 saturated carbocycles. The molecule has 6 aromatic rings. The third kappa shape index (κ3) is 6.71. The minimum absolute atomic E-state index is 0.198. The quantitative estimate of drug-likeness (QED) is 0.220. The Bertz CT molecular complexity index is 1690. The first-order valence-corrected chi connectivity index (χ1v) is 13.6. The highest BCUT2D eigenvalue weighted by Crippen LogP contribution is 2.17. The Balaban J connectivity index is 0.000000168. The van der Waals surface area contributed by atoms with Gasteiger partial charge in [0.2, 0.25) is 0 Å². The van der Waals surface area contributed by atoms with Gasteiger partial charge in [0.15, 0.2) is 0 Å². The van der Waals surface area contributed by atoms with E-state index in [2.05, 4.69) is 34.4 Å². The Morgan fingerprint density at radius 3 is 1.48 bits per heavy atom. The summed E-state index contributed by atoms with van der Waals surface area (Å²) in [6.07, 6.45) is 6.65. The number of aliphatic hydroxyl groups is 1. The molecule has 42 heavy (non-hydrogen) atoms. The number of nitrogens with one attached hydrogen (secondary N) is 2. The molecule has 9 heteroatoms. The average molecular weight is 561 g/mol. The second-order valence-corrected chi connectivity index (χ2v) is 10.2. The lowest BCUT2D eigenvalue weighted by Crippen LogP contribution is -2.11. The molecule has 3 N–H and O–H groups in total. The van der Waals surface area contributed by atoms with Gasteiger partial charge in [0, 0.05) is 36.2 Å². The molecule has 0 aliphatic heterocycles. The molecular formula is C33H32N6O3. The van der Waals surface area contributed by atoms with Gasteiger partial charge in [-0.2, -0.15) is 0 Å². The van der Waals surface area contributed by atoms with Crippen LogP contribution in [0.3, 0.4) is 0 Å². The second-order valence-electron chi connectivity index (χ2n) is 10.2. The maximum atomic E-state index is 12.2. The number of para-hydroxylation sites is 2. The molecular weight excluding hydrogens is 528 g/mol. The first kappa shape index (κ1) is 28.3. The SMILES string of the molecule is CC(C)c1ccc2nc(C(=O)Nc3ccccc3)cn2c1.CC(O)c1ccc2nc(C(=O)Nc3ccccc3)cn2c1. The molecule has 6 rings (SSSR count). The third-order valence-electron chi connectivity index (χ3n) is 6.63. The van der Waals surface area contributed by atoms with Crippen molar-refractivity contribution >= 4 is 34.5 Å². The standard InChI is InChI=1S/C17H17N3O.C16H15N3O2/c1-12(2)13-8-9-16-19-15(11-20(16)10-13)17(21)18-14-6-4-3-5-7-14;1-11(20)12-7-8-15-18-14(10-19(15)9-12)16(21)17-13-5-3-2-4-6-13/h3-12H,1-2H3,(H,18,21);2-11,20H,1H3,(H,17,21). The summed E-state index contributed by atoms with van der Waals surface area (Å²) in [5.74, 6) is -0.0158. The van der Waals surface area contributed by atoms with Crippen LogP contribution < -0.4 is 10.6 Å². The number of rotatable bonds is 6. The number of benzene rings is 2. The number of aromatic nitrogens is 4. The number of amides is 2. The Hall–Kier alpha value is -5.28. The topological polar surface area (TPSA) is 113 Å². The molecule has 1 atom stereocenters. The minimum atomic E-state index is -0.557. The van der Waals surface area contributed by atoms with E-state index in [4.69, 9.17) is 0 Å². The smallest absolute Gasteiger partial charge is 0.275 e. The number of pyridine rings is 2. The lowest BCUT2D eigenvalue weighted by Gasteiger charge is -2.04. The van der Waals surface area contributed by atoms with Gasteiger partial charge in [0.05, 0.1) is 6.10 Å². The summed E-state index contributed by atoms with van der Waals surface area (Å²) in [5, 5.41) is 15.2. The molecule has 2 amide bonds. The summed E-state index contributed by atoms with van der Waals surface area (Å²) in [6, 6.07) is 26.2. The van der Waals surface area contributed by atoms with Gasteiger partial charge in [0.25, 0.3) is 11.8 Å². The highest BCUT2D eigenvalue weighted by molar-refractivity contribution is 6.03. The summed E-state index contributed by atoms with van der Waals surface area (Å²) in [5.41, 5.74) is 5.67. The lowest BCUT2D eigenvalue weighted by molar-refractivity contribution is 0.101. The van der Waals surface area contributed by atoms with E-state index in [0.717, 1.165) is 22.6 Å². The van der Waals surface area contributed by atoms with E-state index in [-0.39, 0.29) is 11.8 Å². The van der Waals surface area contributed by atoms with Crippen molar-refractivity contribution in [2.24, 2.45) is 0 Å². The Morgan fingerprint density at radius 2 is 1.05 bits per heavy atom. The van der Waals surface area contributed by atoms with Crippen LogP contribution in [-0.4, -0.2) is 35.7 Å². The van der Waals surface area contributed by atoms with Gasteiger partial charge >= 0.3 is 0 Å². The number of hydrogen-bond donors (Lipinski definition) is 3. The van der Waals surface area contributed by atoms with E-state index in [9.17, 15) is 14.7 Å². The fourth-order valence-electron chi connectivity index (χ4n) is 4.26. The average Bonchev–Trinajstić information content (AvgIpc) is 3.62. The molecule has 212 valence electrons. The zero-order valence-corrected chi connectivity index (χ0v) is 23.6. The zero-order valence-electron chi connectivity index (χ0n) is 23.6. The molecule has 2 aromatic carbocycles. The van der Waals surface area contributed by atoms with Gasteiger partial charge in [0.1, 0.15) is 22.7 Å². The summed E-state index contributed by atoms with van der Waals surface area (Å²) < 4.78 is 3.64. The zero-order chi connectivity index (χ0) is 29.6. The maximum Gasteiger partial charge on any atom is 0.275 e. The number of fused-ring (bicyclic) bond motifs is 2. The van der Waals surface area contributed by atoms with E-state index in [1.54, 1.807) is 42.0 Å². The van der Waals surface area contributed by atoms with E-state index in [1.165, 1.54) is 5.56 Å². The van der Waals surface area contributed by atoms with Crippen LogP contribution in [0.2, 0.25) is 0 Å². The normalized spacial score (nSPS) is 11.6. The molecule has 4 aromatic heterocycles. The largest absolute Gasteiger partial charge is 0.389 e. The van der Waals surface area contributed by atoms with Crippen molar-refractivity contribution < 1.29 is 14.7 Å². The summed E-state index contributed by atoms with van der Waals surface area (Å²) in [7, 11) is 0. The van der Waals surface area contributed by atoms with Crippen molar-refractivity contribution in [3.63, 3.8) is 0 Å². The van der Waals surface area contributed by atoms with Crippen molar-refractivity contribution in [1.29, 1.82) is 0 Å². The molecule has 4 heterocycles. The van der Waals surface area contributed by atoms with Crippen LogP contribution in [0.5, 0.6) is 0 Å². The van der Waals surface area contributed by atoms with Crippen molar-refractivity contribution in [2.45, 2.75) is 32.8 Å². The molecule has 0 spiro atoms. The first-order valence-electron chi connectivity index (χ1n) is 13.6. The lowest BCUT2D eigenvalue weighted by atomic mass is 10.1. The van der Waals surface area contributed by atoms with E-state index < -0.39 is 6.10 Å². The summed E-state index contributed by atoms with van der Waals surface area (Å²) in [4.78, 5) is 33.0. The van der Waals surface area contributed by atoms with Gasteiger partial charge in [-0.25, -0.2) is 9.97 Å². The number of aliphatic hydroxyl groups excluding tert-OH is 1. The number of hydrogen-bond acceptors (Lipinski definition) is 5. The van der Waals surface area contributed by atoms with Gasteiger partial charge in [-0.05, 0) is 60.4 Å². The van der Waals surface area contributed by atoms with Crippen LogP contribution in [0.15, 0.2) is 110 Å². The number of carbonyl (C=O) groups excluding carboxylic acids is 2. The molecule has 0 aliphatic rings. The fraction of sp³-hybridized carbons (Fsp3) is 0.152. The second kappa shape index (κ2) is 12.5. The Labute approximate surface area is 243 Å². The van der Waals surface area contributed by atoms with Gasteiger partial charge < -0.3 is 24.5 Å². The van der Waals surface area contributed by atoms with Crippen LogP contribution in [-0.2, 0) is 0 Å². The van der Waals surface area contributed by atoms with Crippen LogP contribution in [0, 0.1) is 0 Å². The molecule has 0 radical (unpaired) electrons. The fourth-order valence-corrected chi connectivity index (χ4v) is 4.26. The van der Waals surface area contributed by atoms with Gasteiger partial charge in [-0.15, -0.1) is 0 Å². The number of imidazole rings is 2. The summed E-state index contributed by atoms with van der Waals surface area (Å²) >= 11 is 0. The molecule has 0 fully saturated rings. The number of nitrogens with zero attached hydrogens (tertiary/aromatic N) is 4. The molecule has 0 saturated heterocycles. The number of carbonyl (C=O) groups is 2.